The fourth-order valence-corrected chi connectivity index (χ4v) is 6.31. The van der Waals surface area contributed by atoms with Crippen LogP contribution in [0.2, 0.25) is 0 Å². The Bertz CT molecular complexity index is 1450. The van der Waals surface area contributed by atoms with E-state index in [1.54, 1.807) is 0 Å². The first-order valence-corrected chi connectivity index (χ1v) is 13.0. The Kier molecular flexibility index (Phi) is 5.30. The Labute approximate surface area is 216 Å². The largest absolute Gasteiger partial charge is 0.322 e. The predicted molar refractivity (Wildman–Crippen MR) is 152 cm³/mol. The molecule has 35 heavy (non-hydrogen) atoms. The highest BCUT2D eigenvalue weighted by atomic mass is 79.9. The SMILES string of the molecule is CC1(C)c2ccccc2-c2ccc(N(c3ccccc3)C3(Br)C=CC(c4ccccc4)=CC3)cc21. The van der Waals surface area contributed by atoms with Crippen molar-refractivity contribution in [2.75, 3.05) is 4.90 Å². The van der Waals surface area contributed by atoms with Gasteiger partial charge < -0.3 is 4.90 Å². The molecule has 2 aliphatic carbocycles. The van der Waals surface area contributed by atoms with Crippen LogP contribution < -0.4 is 4.90 Å². The van der Waals surface area contributed by atoms with E-state index in [2.05, 4.69) is 156 Å². The van der Waals surface area contributed by atoms with Gasteiger partial charge in [0.1, 0.15) is 4.45 Å². The molecule has 0 radical (unpaired) electrons. The van der Waals surface area contributed by atoms with E-state index in [-0.39, 0.29) is 9.86 Å². The maximum Gasteiger partial charge on any atom is 0.122 e. The topological polar surface area (TPSA) is 3.24 Å². The third-order valence-electron chi connectivity index (χ3n) is 7.45. The lowest BCUT2D eigenvalue weighted by molar-refractivity contribution is 0.659. The number of anilines is 2. The molecule has 2 heteroatoms. The highest BCUT2D eigenvalue weighted by Crippen LogP contribution is 2.51. The summed E-state index contributed by atoms with van der Waals surface area (Å²) < 4.78 is -0.365. The van der Waals surface area contributed by atoms with Crippen molar-refractivity contribution in [3.05, 3.63) is 138 Å². The maximum atomic E-state index is 4.17. The van der Waals surface area contributed by atoms with Gasteiger partial charge in [-0.2, -0.15) is 0 Å². The van der Waals surface area contributed by atoms with Gasteiger partial charge in [0, 0.05) is 23.2 Å². The minimum atomic E-state index is -0.365. The summed E-state index contributed by atoms with van der Waals surface area (Å²) in [6.45, 7) is 4.68. The van der Waals surface area contributed by atoms with E-state index >= 15 is 0 Å². The number of fused-ring (bicyclic) bond motifs is 3. The van der Waals surface area contributed by atoms with Crippen molar-refractivity contribution in [3.63, 3.8) is 0 Å². The lowest BCUT2D eigenvalue weighted by atomic mass is 9.82. The number of hydrogen-bond donors (Lipinski definition) is 0. The number of benzene rings is 4. The molecule has 1 atom stereocenters. The summed E-state index contributed by atoms with van der Waals surface area (Å²) in [4.78, 5) is 2.43. The van der Waals surface area contributed by atoms with Gasteiger partial charge in [0.25, 0.3) is 0 Å². The summed E-state index contributed by atoms with van der Waals surface area (Å²) >= 11 is 4.17. The molecule has 1 unspecified atom stereocenters. The van der Waals surface area contributed by atoms with Crippen LogP contribution in [0.25, 0.3) is 16.7 Å². The van der Waals surface area contributed by atoms with Crippen molar-refractivity contribution < 1.29 is 0 Å². The van der Waals surface area contributed by atoms with Gasteiger partial charge >= 0.3 is 0 Å². The van der Waals surface area contributed by atoms with Gasteiger partial charge in [-0.05, 0) is 63.7 Å². The maximum absolute atomic E-state index is 4.17. The first-order valence-electron chi connectivity index (χ1n) is 12.2. The molecule has 4 aromatic carbocycles. The second kappa shape index (κ2) is 8.39. The third-order valence-corrected chi connectivity index (χ3v) is 8.39. The van der Waals surface area contributed by atoms with Crippen molar-refractivity contribution in [2.45, 2.75) is 30.1 Å². The number of para-hydroxylation sites is 1. The first kappa shape index (κ1) is 22.1. The Hall–Kier alpha value is -3.36. The van der Waals surface area contributed by atoms with Crippen LogP contribution in [0.5, 0.6) is 0 Å². The Morgan fingerprint density at radius 1 is 0.686 bits per heavy atom. The molecule has 0 fully saturated rings. The minimum Gasteiger partial charge on any atom is -0.322 e. The molecule has 0 spiro atoms. The van der Waals surface area contributed by atoms with Crippen LogP contribution in [0.3, 0.4) is 0 Å². The smallest absolute Gasteiger partial charge is 0.122 e. The van der Waals surface area contributed by atoms with Crippen LogP contribution in [0, 0.1) is 0 Å². The van der Waals surface area contributed by atoms with E-state index in [4.69, 9.17) is 0 Å². The van der Waals surface area contributed by atoms with Crippen LogP contribution in [0.15, 0.2) is 121 Å². The molecule has 1 nitrogen and oxygen atoms in total. The number of nitrogens with zero attached hydrogens (tertiary/aromatic N) is 1. The minimum absolute atomic E-state index is 0.0352. The second-order valence-corrected chi connectivity index (χ2v) is 11.3. The number of halogens is 1. The molecular formula is C33H28BrN. The van der Waals surface area contributed by atoms with Crippen molar-refractivity contribution in [3.8, 4) is 11.1 Å². The molecule has 0 amide bonds. The molecular weight excluding hydrogens is 490 g/mol. The van der Waals surface area contributed by atoms with Crippen molar-refractivity contribution in [1.29, 1.82) is 0 Å². The third kappa shape index (κ3) is 3.68. The zero-order valence-electron chi connectivity index (χ0n) is 20.1. The van der Waals surface area contributed by atoms with E-state index in [1.165, 1.54) is 44.8 Å². The molecule has 6 rings (SSSR count). The van der Waals surface area contributed by atoms with Crippen molar-refractivity contribution in [2.24, 2.45) is 0 Å². The van der Waals surface area contributed by atoms with Gasteiger partial charge in [-0.25, -0.2) is 0 Å². The average Bonchev–Trinajstić information content (AvgIpc) is 3.12. The molecule has 172 valence electrons. The van der Waals surface area contributed by atoms with Crippen LogP contribution in [0.4, 0.5) is 11.4 Å². The van der Waals surface area contributed by atoms with Crippen LogP contribution in [-0.2, 0) is 5.41 Å². The summed E-state index contributed by atoms with van der Waals surface area (Å²) in [5, 5.41) is 0. The van der Waals surface area contributed by atoms with Crippen LogP contribution >= 0.6 is 15.9 Å². The second-order valence-electron chi connectivity index (χ2n) is 9.95. The summed E-state index contributed by atoms with van der Waals surface area (Å²) in [6, 6.07) is 37.1. The highest BCUT2D eigenvalue weighted by molar-refractivity contribution is 9.10. The van der Waals surface area contributed by atoms with Gasteiger partial charge in [0.05, 0.1) is 0 Å². The molecule has 0 N–H and O–H groups in total. The number of alkyl halides is 1. The van der Waals surface area contributed by atoms with E-state index in [0.29, 0.717) is 0 Å². The Balaban J connectivity index is 1.44. The van der Waals surface area contributed by atoms with E-state index in [1.807, 2.05) is 0 Å². The normalized spacial score (nSPS) is 19.6. The summed E-state index contributed by atoms with van der Waals surface area (Å²) in [5.74, 6) is 0. The van der Waals surface area contributed by atoms with E-state index in [0.717, 1.165) is 6.42 Å². The van der Waals surface area contributed by atoms with Gasteiger partial charge in [-0.3, -0.25) is 0 Å². The Morgan fingerprint density at radius 2 is 1.34 bits per heavy atom. The zero-order chi connectivity index (χ0) is 24.0. The molecule has 0 aromatic heterocycles. The fourth-order valence-electron chi connectivity index (χ4n) is 5.60. The molecule has 0 saturated heterocycles. The van der Waals surface area contributed by atoms with Crippen molar-refractivity contribution in [1.82, 2.24) is 0 Å². The van der Waals surface area contributed by atoms with Gasteiger partial charge in [0.2, 0.25) is 0 Å². The standard InChI is InChI=1S/C33H28BrN/c1-32(2)30-16-10-9-15-28(30)29-18-17-27(23-31(29)32)35(26-13-7-4-8-14-26)33(34)21-19-25(20-22-33)24-11-5-3-6-12-24/h3-21,23H,22H2,1-2H3. The highest BCUT2D eigenvalue weighted by Gasteiger charge is 2.38. The van der Waals surface area contributed by atoms with E-state index in [9.17, 15) is 0 Å². The molecule has 0 bridgehead atoms. The lowest BCUT2D eigenvalue weighted by Crippen LogP contribution is -2.39. The van der Waals surface area contributed by atoms with Crippen LogP contribution in [-0.4, -0.2) is 4.45 Å². The van der Waals surface area contributed by atoms with Crippen molar-refractivity contribution >= 4 is 32.9 Å². The van der Waals surface area contributed by atoms with Gasteiger partial charge in [-0.1, -0.05) is 121 Å². The lowest BCUT2D eigenvalue weighted by Gasteiger charge is -2.41. The summed E-state index contributed by atoms with van der Waals surface area (Å²) in [5.41, 5.74) is 10.3. The predicted octanol–water partition coefficient (Wildman–Crippen LogP) is 9.27. The monoisotopic (exact) mass is 517 g/mol. The quantitative estimate of drug-likeness (QED) is 0.192. The molecule has 4 aromatic rings. The average molecular weight is 518 g/mol. The van der Waals surface area contributed by atoms with Gasteiger partial charge in [-0.15, -0.1) is 0 Å². The molecule has 2 aliphatic rings. The number of hydrogen-bond acceptors (Lipinski definition) is 1. The zero-order valence-corrected chi connectivity index (χ0v) is 21.7. The fraction of sp³-hybridized carbons (Fsp3) is 0.152. The first-order chi connectivity index (χ1) is 17.0. The summed E-state index contributed by atoms with van der Waals surface area (Å²) in [7, 11) is 0. The summed E-state index contributed by atoms with van der Waals surface area (Å²) in [6.07, 6.45) is 7.74. The van der Waals surface area contributed by atoms with E-state index < -0.39 is 0 Å². The molecule has 0 heterocycles. The number of allylic oxidation sites excluding steroid dienone is 2. The molecule has 0 saturated carbocycles. The Morgan fingerprint density at radius 3 is 2.06 bits per heavy atom. The number of rotatable bonds is 4. The van der Waals surface area contributed by atoms with Crippen LogP contribution in [0.1, 0.15) is 37.0 Å². The molecule has 0 aliphatic heterocycles. The van der Waals surface area contributed by atoms with Gasteiger partial charge in [0.15, 0.2) is 0 Å².